The summed E-state index contributed by atoms with van der Waals surface area (Å²) in [6, 6.07) is 7.46. The van der Waals surface area contributed by atoms with Crippen LogP contribution in [0.1, 0.15) is 18.9 Å². The van der Waals surface area contributed by atoms with Gasteiger partial charge >= 0.3 is 6.09 Å². The van der Waals surface area contributed by atoms with E-state index in [-0.39, 0.29) is 18.9 Å². The van der Waals surface area contributed by atoms with E-state index in [1.54, 1.807) is 14.0 Å². The van der Waals surface area contributed by atoms with Gasteiger partial charge in [-0.3, -0.25) is 10.2 Å². The highest BCUT2D eigenvalue weighted by Gasteiger charge is 2.05. The highest BCUT2D eigenvalue weighted by atomic mass is 16.6. The topological polar surface area (TPSA) is 76.7 Å². The molecule has 2 amide bonds. The van der Waals surface area contributed by atoms with E-state index in [0.717, 1.165) is 11.3 Å². The lowest BCUT2D eigenvalue weighted by Gasteiger charge is -2.07. The molecule has 0 saturated heterocycles. The summed E-state index contributed by atoms with van der Waals surface area (Å²) in [7, 11) is 1.60. The van der Waals surface area contributed by atoms with Gasteiger partial charge < -0.3 is 9.47 Å². The average molecular weight is 266 g/mol. The van der Waals surface area contributed by atoms with Gasteiger partial charge in [-0.15, -0.1) is 0 Å². The molecule has 2 N–H and O–H groups in total. The molecule has 1 aromatic rings. The van der Waals surface area contributed by atoms with Crippen LogP contribution in [0.5, 0.6) is 5.75 Å². The molecule has 0 aromatic heterocycles. The molecular weight excluding hydrogens is 248 g/mol. The quantitative estimate of drug-likeness (QED) is 0.790. The summed E-state index contributed by atoms with van der Waals surface area (Å²) >= 11 is 0. The monoisotopic (exact) mass is 266 g/mol. The van der Waals surface area contributed by atoms with Crippen LogP contribution < -0.4 is 15.6 Å². The van der Waals surface area contributed by atoms with Crippen molar-refractivity contribution in [2.24, 2.45) is 0 Å². The minimum Gasteiger partial charge on any atom is -0.497 e. The molecule has 0 fully saturated rings. The molecule has 104 valence electrons. The summed E-state index contributed by atoms with van der Waals surface area (Å²) in [6.07, 6.45) is 0.194. The predicted molar refractivity (Wildman–Crippen MR) is 69.6 cm³/mol. The molecule has 0 heterocycles. The summed E-state index contributed by atoms with van der Waals surface area (Å²) in [5, 5.41) is 0. The van der Waals surface area contributed by atoms with E-state index >= 15 is 0 Å². The first-order valence-electron chi connectivity index (χ1n) is 6.00. The average Bonchev–Trinajstić information content (AvgIpc) is 2.44. The molecule has 0 aliphatic carbocycles. The molecule has 0 saturated carbocycles. The van der Waals surface area contributed by atoms with Crippen LogP contribution in [0.15, 0.2) is 24.3 Å². The maximum atomic E-state index is 11.4. The van der Waals surface area contributed by atoms with Crippen molar-refractivity contribution in [2.75, 3.05) is 13.7 Å². The molecule has 6 nitrogen and oxygen atoms in total. The number of rotatable bonds is 5. The first-order valence-corrected chi connectivity index (χ1v) is 6.00. The molecule has 0 radical (unpaired) electrons. The number of hydrazine groups is 1. The van der Waals surface area contributed by atoms with Crippen molar-refractivity contribution in [3.05, 3.63) is 29.8 Å². The van der Waals surface area contributed by atoms with Crippen molar-refractivity contribution in [3.63, 3.8) is 0 Å². The van der Waals surface area contributed by atoms with Crippen molar-refractivity contribution < 1.29 is 19.1 Å². The second-order valence-electron chi connectivity index (χ2n) is 3.74. The molecule has 1 rings (SSSR count). The van der Waals surface area contributed by atoms with Gasteiger partial charge in [0.15, 0.2) is 0 Å². The van der Waals surface area contributed by atoms with Crippen LogP contribution in [0.2, 0.25) is 0 Å². The lowest BCUT2D eigenvalue weighted by Crippen LogP contribution is -2.42. The number of carbonyl (C=O) groups is 2. The van der Waals surface area contributed by atoms with Gasteiger partial charge in [0.1, 0.15) is 5.75 Å². The van der Waals surface area contributed by atoms with E-state index in [4.69, 9.17) is 4.74 Å². The summed E-state index contributed by atoms with van der Waals surface area (Å²) in [5.41, 5.74) is 5.45. The van der Waals surface area contributed by atoms with E-state index in [0.29, 0.717) is 6.42 Å². The maximum Gasteiger partial charge on any atom is 0.426 e. The Kier molecular flexibility index (Phi) is 6.21. The Hall–Kier alpha value is -2.24. The number of methoxy groups -OCH3 is 1. The molecule has 0 unspecified atom stereocenters. The molecule has 0 aliphatic rings. The van der Waals surface area contributed by atoms with Crippen LogP contribution in [0.25, 0.3) is 0 Å². The van der Waals surface area contributed by atoms with Crippen LogP contribution >= 0.6 is 0 Å². The van der Waals surface area contributed by atoms with Crippen LogP contribution in [-0.4, -0.2) is 25.7 Å². The van der Waals surface area contributed by atoms with Crippen molar-refractivity contribution in [1.29, 1.82) is 0 Å². The highest BCUT2D eigenvalue weighted by Crippen LogP contribution is 2.12. The second-order valence-corrected chi connectivity index (χ2v) is 3.74. The van der Waals surface area contributed by atoms with Crippen molar-refractivity contribution in [2.45, 2.75) is 19.8 Å². The first-order chi connectivity index (χ1) is 9.15. The Morgan fingerprint density at radius 1 is 1.16 bits per heavy atom. The largest absolute Gasteiger partial charge is 0.497 e. The number of hydrogen-bond donors (Lipinski definition) is 2. The number of nitrogens with one attached hydrogen (secondary N) is 2. The molecule has 0 spiro atoms. The first kappa shape index (κ1) is 14.8. The molecule has 0 atom stereocenters. The van der Waals surface area contributed by atoms with Crippen LogP contribution in [-0.2, 0) is 16.0 Å². The third-order valence-electron chi connectivity index (χ3n) is 2.38. The molecule has 1 aromatic carbocycles. The SMILES string of the molecule is CCOC(=O)NNC(=O)CCc1ccc(OC)cc1. The Labute approximate surface area is 112 Å². The minimum absolute atomic E-state index is 0.257. The van der Waals surface area contributed by atoms with Crippen LogP contribution in [0, 0.1) is 0 Å². The summed E-state index contributed by atoms with van der Waals surface area (Å²) in [5.74, 6) is 0.501. The van der Waals surface area contributed by atoms with Gasteiger partial charge in [0.25, 0.3) is 0 Å². The van der Waals surface area contributed by atoms with E-state index in [9.17, 15) is 9.59 Å². The number of aryl methyl sites for hydroxylation is 1. The number of amides is 2. The van der Waals surface area contributed by atoms with E-state index in [2.05, 4.69) is 15.6 Å². The number of benzene rings is 1. The van der Waals surface area contributed by atoms with Gasteiger partial charge in [-0.05, 0) is 31.0 Å². The van der Waals surface area contributed by atoms with Gasteiger partial charge in [0.05, 0.1) is 13.7 Å². The van der Waals surface area contributed by atoms with Crippen LogP contribution in [0.3, 0.4) is 0 Å². The van der Waals surface area contributed by atoms with Gasteiger partial charge in [-0.2, -0.15) is 0 Å². The number of ether oxygens (including phenoxy) is 2. The fraction of sp³-hybridized carbons (Fsp3) is 0.385. The standard InChI is InChI=1S/C13H18N2O4/c1-3-19-13(17)15-14-12(16)9-6-10-4-7-11(18-2)8-5-10/h4-5,7-8H,3,6,9H2,1-2H3,(H,14,16)(H,15,17). The van der Waals surface area contributed by atoms with Gasteiger partial charge in [0.2, 0.25) is 5.91 Å². The molecule has 0 aliphatic heterocycles. The summed E-state index contributed by atoms with van der Waals surface area (Å²) in [4.78, 5) is 22.4. The third-order valence-corrected chi connectivity index (χ3v) is 2.38. The normalized spacial score (nSPS) is 9.58. The van der Waals surface area contributed by atoms with E-state index in [1.165, 1.54) is 0 Å². The van der Waals surface area contributed by atoms with Gasteiger partial charge in [0, 0.05) is 6.42 Å². The lowest BCUT2D eigenvalue weighted by atomic mass is 10.1. The van der Waals surface area contributed by atoms with Crippen molar-refractivity contribution in [3.8, 4) is 5.75 Å². The zero-order chi connectivity index (χ0) is 14.1. The molecule has 6 heteroatoms. The number of hydrogen-bond acceptors (Lipinski definition) is 4. The Balaban J connectivity index is 2.27. The second kappa shape index (κ2) is 7.97. The molecule has 0 bridgehead atoms. The van der Waals surface area contributed by atoms with Crippen molar-refractivity contribution in [1.82, 2.24) is 10.9 Å². The Morgan fingerprint density at radius 3 is 2.42 bits per heavy atom. The highest BCUT2D eigenvalue weighted by molar-refractivity contribution is 5.79. The summed E-state index contributed by atoms with van der Waals surface area (Å²) in [6.45, 7) is 1.94. The van der Waals surface area contributed by atoms with Gasteiger partial charge in [-0.1, -0.05) is 12.1 Å². The minimum atomic E-state index is -0.666. The maximum absolute atomic E-state index is 11.4. The van der Waals surface area contributed by atoms with E-state index < -0.39 is 6.09 Å². The Morgan fingerprint density at radius 2 is 1.84 bits per heavy atom. The third kappa shape index (κ3) is 5.76. The summed E-state index contributed by atoms with van der Waals surface area (Å²) < 4.78 is 9.64. The van der Waals surface area contributed by atoms with Gasteiger partial charge in [-0.25, -0.2) is 10.2 Å². The zero-order valence-corrected chi connectivity index (χ0v) is 11.1. The fourth-order valence-electron chi connectivity index (χ4n) is 1.40. The fourth-order valence-corrected chi connectivity index (χ4v) is 1.40. The Bertz CT molecular complexity index is 417. The van der Waals surface area contributed by atoms with Crippen molar-refractivity contribution >= 4 is 12.0 Å². The smallest absolute Gasteiger partial charge is 0.426 e. The number of carbonyl (C=O) groups excluding carboxylic acids is 2. The lowest BCUT2D eigenvalue weighted by molar-refractivity contribution is -0.121. The predicted octanol–water partition coefficient (Wildman–Crippen LogP) is 1.41. The zero-order valence-electron chi connectivity index (χ0n) is 11.1. The van der Waals surface area contributed by atoms with Crippen LogP contribution in [0.4, 0.5) is 4.79 Å². The molecular formula is C13H18N2O4. The molecule has 19 heavy (non-hydrogen) atoms. The van der Waals surface area contributed by atoms with E-state index in [1.807, 2.05) is 24.3 Å².